The maximum atomic E-state index is 12.2. The first-order valence-electron chi connectivity index (χ1n) is 20.9. The lowest BCUT2D eigenvalue weighted by Gasteiger charge is -2.44. The van der Waals surface area contributed by atoms with Crippen LogP contribution in [0, 0.1) is 5.92 Å². The predicted octanol–water partition coefficient (Wildman–Crippen LogP) is 9.73. The van der Waals surface area contributed by atoms with Crippen molar-refractivity contribution in [2.24, 2.45) is 17.4 Å². The van der Waals surface area contributed by atoms with Crippen molar-refractivity contribution in [3.05, 3.63) is 29.6 Å². The summed E-state index contributed by atoms with van der Waals surface area (Å²) in [6.07, 6.45) is 36.9. The van der Waals surface area contributed by atoms with E-state index in [1.165, 1.54) is 167 Å². The van der Waals surface area contributed by atoms with Crippen molar-refractivity contribution >= 4 is 11.8 Å². The number of aryl methyl sites for hydroxylation is 2. The van der Waals surface area contributed by atoms with Gasteiger partial charge in [-0.05, 0) is 57.4 Å². The maximum Gasteiger partial charge on any atom is 0.254 e. The first kappa shape index (κ1) is 42.2. The Morgan fingerprint density at radius 2 is 1.15 bits per heavy atom. The van der Waals surface area contributed by atoms with Crippen molar-refractivity contribution in [2.75, 3.05) is 26.2 Å². The van der Waals surface area contributed by atoms with E-state index in [9.17, 15) is 9.59 Å². The van der Waals surface area contributed by atoms with Crippen LogP contribution in [-0.4, -0.2) is 42.5 Å². The van der Waals surface area contributed by atoms with Gasteiger partial charge in [-0.1, -0.05) is 123 Å². The van der Waals surface area contributed by atoms with Crippen LogP contribution >= 0.6 is 0 Å². The van der Waals surface area contributed by atoms with Gasteiger partial charge in [0.05, 0.1) is 32.1 Å². The van der Waals surface area contributed by atoms with Crippen LogP contribution in [0.15, 0.2) is 18.3 Å². The van der Waals surface area contributed by atoms with Gasteiger partial charge in [-0.25, -0.2) is 4.57 Å². The second-order valence-corrected chi connectivity index (χ2v) is 15.4. The molecule has 1 aliphatic heterocycles. The molecule has 2 heterocycles. The summed E-state index contributed by atoms with van der Waals surface area (Å²) in [6, 6.07) is 4.03. The molecule has 2 rings (SSSR count). The SMILES string of the molecule is CCCCCCCCCCCC[n+]1cc(C(N)=O)ccc1CCCCCC[N+]1(CCCCCCCCCCCC)CCCC(C(N)=O)C1. The van der Waals surface area contributed by atoms with Crippen LogP contribution in [0.3, 0.4) is 0 Å². The molecule has 1 saturated heterocycles. The summed E-state index contributed by atoms with van der Waals surface area (Å²) in [5.41, 5.74) is 13.4. The third-order valence-corrected chi connectivity index (χ3v) is 11.2. The van der Waals surface area contributed by atoms with Crippen LogP contribution in [0.5, 0.6) is 0 Å². The highest BCUT2D eigenvalue weighted by molar-refractivity contribution is 5.92. The monoisotopic (exact) mass is 671 g/mol. The van der Waals surface area contributed by atoms with Crippen LogP contribution in [0.1, 0.15) is 197 Å². The van der Waals surface area contributed by atoms with Crippen LogP contribution in [-0.2, 0) is 17.8 Å². The Hall–Kier alpha value is -1.95. The van der Waals surface area contributed by atoms with E-state index in [-0.39, 0.29) is 17.7 Å². The van der Waals surface area contributed by atoms with Crippen molar-refractivity contribution in [1.82, 2.24) is 0 Å². The molecule has 0 aliphatic carbocycles. The highest BCUT2D eigenvalue weighted by atomic mass is 16.1. The highest BCUT2D eigenvalue weighted by Gasteiger charge is 2.36. The normalized spacial score (nSPS) is 17.9. The number of carbonyl (C=O) groups is 2. The van der Waals surface area contributed by atoms with Crippen LogP contribution in [0.4, 0.5) is 0 Å². The van der Waals surface area contributed by atoms with E-state index in [0.717, 1.165) is 49.7 Å². The molecule has 6 nitrogen and oxygen atoms in total. The van der Waals surface area contributed by atoms with Gasteiger partial charge in [0.1, 0.15) is 12.1 Å². The molecule has 0 saturated carbocycles. The second kappa shape index (κ2) is 26.9. The van der Waals surface area contributed by atoms with E-state index >= 15 is 0 Å². The molecule has 6 heteroatoms. The molecular weight excluding hydrogens is 592 g/mol. The third kappa shape index (κ3) is 18.7. The number of pyridine rings is 1. The number of aromatic nitrogens is 1. The summed E-state index contributed by atoms with van der Waals surface area (Å²) in [7, 11) is 0. The molecule has 1 aromatic rings. The molecule has 4 N–H and O–H groups in total. The molecule has 1 fully saturated rings. The van der Waals surface area contributed by atoms with Crippen molar-refractivity contribution in [2.45, 2.75) is 194 Å². The van der Waals surface area contributed by atoms with Crippen molar-refractivity contribution in [3.8, 4) is 0 Å². The van der Waals surface area contributed by atoms with E-state index in [1.54, 1.807) is 0 Å². The number of piperidine rings is 1. The summed E-state index contributed by atoms with van der Waals surface area (Å²) < 4.78 is 3.41. The molecule has 48 heavy (non-hydrogen) atoms. The zero-order valence-electron chi connectivity index (χ0n) is 31.8. The Bertz CT molecular complexity index is 982. The Labute approximate surface area is 296 Å². The number of carbonyl (C=O) groups excluding carboxylic acids is 2. The summed E-state index contributed by atoms with van der Waals surface area (Å²) >= 11 is 0. The summed E-state index contributed by atoms with van der Waals surface area (Å²) in [6.45, 7) is 10.1. The third-order valence-electron chi connectivity index (χ3n) is 11.2. The Morgan fingerprint density at radius 3 is 1.65 bits per heavy atom. The highest BCUT2D eigenvalue weighted by Crippen LogP contribution is 2.26. The van der Waals surface area contributed by atoms with E-state index in [2.05, 4.69) is 24.5 Å². The topological polar surface area (TPSA) is 90.1 Å². The van der Waals surface area contributed by atoms with Gasteiger partial charge in [0.25, 0.3) is 5.91 Å². The number of hydrogen-bond acceptors (Lipinski definition) is 2. The van der Waals surface area contributed by atoms with E-state index in [0.29, 0.717) is 5.56 Å². The fourth-order valence-electron chi connectivity index (χ4n) is 8.04. The fourth-order valence-corrected chi connectivity index (χ4v) is 8.04. The standard InChI is InChI=1S/C42H76N4O2/c1-3-5-7-9-11-13-15-17-20-24-32-45-36-38(41(43)47)30-31-40(45)29-23-19-22-26-34-46(35-27-28-39(37-46)42(44)48)33-25-21-18-16-14-12-10-8-6-4-2/h30-31,36,39H,3-29,32-35,37H2,1-2H3,(H2-2,43,44,47,48)/p+2. The molecule has 0 aromatic carbocycles. The number of likely N-dealkylation sites (tertiary alicyclic amines) is 1. The predicted molar refractivity (Wildman–Crippen MR) is 203 cm³/mol. The lowest BCUT2D eigenvalue weighted by molar-refractivity contribution is -0.935. The van der Waals surface area contributed by atoms with Crippen molar-refractivity contribution in [1.29, 1.82) is 0 Å². The molecule has 1 aliphatic rings. The fraction of sp³-hybridized carbons (Fsp3) is 0.833. The quantitative estimate of drug-likeness (QED) is 0.0468. The lowest BCUT2D eigenvalue weighted by atomic mass is 9.93. The van der Waals surface area contributed by atoms with Gasteiger partial charge in [0, 0.05) is 18.9 Å². The summed E-state index contributed by atoms with van der Waals surface area (Å²) in [4.78, 5) is 24.1. The van der Waals surface area contributed by atoms with Gasteiger partial charge in [-0.2, -0.15) is 0 Å². The first-order chi connectivity index (χ1) is 23.4. The van der Waals surface area contributed by atoms with Gasteiger partial charge < -0.3 is 16.0 Å². The molecular formula is C42H78N4O2+2. The molecule has 1 aromatic heterocycles. The summed E-state index contributed by atoms with van der Waals surface area (Å²) in [5.74, 6) is -0.380. The lowest BCUT2D eigenvalue weighted by Crippen LogP contribution is -2.57. The summed E-state index contributed by atoms with van der Waals surface area (Å²) in [5, 5.41) is 0. The molecule has 0 radical (unpaired) electrons. The largest absolute Gasteiger partial charge is 0.369 e. The Balaban J connectivity index is 1.74. The minimum absolute atomic E-state index is 0.0521. The average molecular weight is 671 g/mol. The average Bonchev–Trinajstić information content (AvgIpc) is 3.08. The molecule has 0 bridgehead atoms. The molecule has 2 unspecified atom stereocenters. The Kier molecular flexibility index (Phi) is 23.6. The Morgan fingerprint density at radius 1 is 0.667 bits per heavy atom. The zero-order valence-corrected chi connectivity index (χ0v) is 31.8. The zero-order chi connectivity index (χ0) is 34.7. The first-order valence-corrected chi connectivity index (χ1v) is 20.9. The van der Waals surface area contributed by atoms with E-state index in [4.69, 9.17) is 11.5 Å². The molecule has 276 valence electrons. The maximum absolute atomic E-state index is 12.2. The van der Waals surface area contributed by atoms with Crippen LogP contribution in [0.25, 0.3) is 0 Å². The van der Waals surface area contributed by atoms with Gasteiger partial charge in [0.15, 0.2) is 11.9 Å². The van der Waals surface area contributed by atoms with Gasteiger partial charge in [-0.15, -0.1) is 0 Å². The van der Waals surface area contributed by atoms with Crippen molar-refractivity contribution < 1.29 is 18.6 Å². The number of nitrogens with two attached hydrogens (primary N) is 2. The van der Waals surface area contributed by atoms with Crippen LogP contribution < -0.4 is 16.0 Å². The number of unbranched alkanes of at least 4 members (excludes halogenated alkanes) is 21. The number of nitrogens with zero attached hydrogens (tertiary/aromatic N) is 2. The number of quaternary nitrogens is 1. The minimum atomic E-state index is -0.343. The van der Waals surface area contributed by atoms with Gasteiger partial charge in [-0.3, -0.25) is 9.59 Å². The van der Waals surface area contributed by atoms with Gasteiger partial charge in [0.2, 0.25) is 5.91 Å². The number of hydrogen-bond donors (Lipinski definition) is 2. The number of rotatable bonds is 31. The second-order valence-electron chi connectivity index (χ2n) is 15.4. The van der Waals surface area contributed by atoms with E-state index < -0.39 is 0 Å². The smallest absolute Gasteiger partial charge is 0.254 e. The van der Waals surface area contributed by atoms with Crippen molar-refractivity contribution in [3.63, 3.8) is 0 Å². The number of primary amides is 2. The van der Waals surface area contributed by atoms with E-state index in [1.807, 2.05) is 12.3 Å². The minimum Gasteiger partial charge on any atom is -0.369 e. The molecule has 0 spiro atoms. The number of amides is 2. The van der Waals surface area contributed by atoms with Gasteiger partial charge >= 0.3 is 0 Å². The molecule has 2 atom stereocenters. The molecule has 2 amide bonds. The van der Waals surface area contributed by atoms with Crippen LogP contribution in [0.2, 0.25) is 0 Å².